The Balaban J connectivity index is 1.45. The molecule has 0 saturated carbocycles. The number of benzene rings is 2. The van der Waals surface area contributed by atoms with E-state index in [1.54, 1.807) is 13.4 Å². The molecule has 0 aliphatic heterocycles. The fraction of sp³-hybridized carbons (Fsp3) is 0.167. The van der Waals surface area contributed by atoms with E-state index in [9.17, 15) is 0 Å². The van der Waals surface area contributed by atoms with Gasteiger partial charge in [-0.1, -0.05) is 30.3 Å². The summed E-state index contributed by atoms with van der Waals surface area (Å²) in [6.45, 7) is 2.61. The minimum Gasteiger partial charge on any atom is -0.494 e. The highest BCUT2D eigenvalue weighted by molar-refractivity contribution is 5.87. The highest BCUT2D eigenvalue weighted by Crippen LogP contribution is 2.29. The summed E-state index contributed by atoms with van der Waals surface area (Å²) in [5.41, 5.74) is 4.42. The van der Waals surface area contributed by atoms with E-state index in [0.29, 0.717) is 29.7 Å². The molecule has 0 unspecified atom stereocenters. The number of anilines is 3. The van der Waals surface area contributed by atoms with Crippen LogP contribution in [0.3, 0.4) is 0 Å². The number of aryl methyl sites for hydroxylation is 1. The Labute approximate surface area is 191 Å². The molecule has 0 spiro atoms. The van der Waals surface area contributed by atoms with E-state index in [2.05, 4.69) is 42.8 Å². The Hall–Kier alpha value is -4.40. The van der Waals surface area contributed by atoms with Crippen LogP contribution in [0, 0.1) is 6.92 Å². The Morgan fingerprint density at radius 1 is 1.03 bits per heavy atom. The zero-order valence-electron chi connectivity index (χ0n) is 18.6. The Morgan fingerprint density at radius 3 is 2.61 bits per heavy atom. The number of hydrogen-bond acceptors (Lipinski definition) is 7. The Morgan fingerprint density at radius 2 is 1.88 bits per heavy atom. The maximum Gasteiger partial charge on any atom is 0.231 e. The fourth-order valence-electron chi connectivity index (χ4n) is 3.70. The van der Waals surface area contributed by atoms with Crippen LogP contribution in [0.1, 0.15) is 11.3 Å². The SMILES string of the molecule is CNc1nc(Nc2ccc(-n3cnc(C)c3)c(OC)c2)nc2nn(Cc3ccccc3)cc12. The van der Waals surface area contributed by atoms with Crippen molar-refractivity contribution in [3.05, 3.63) is 78.5 Å². The predicted octanol–water partition coefficient (Wildman–Crippen LogP) is 4.16. The molecule has 33 heavy (non-hydrogen) atoms. The Bertz CT molecular complexity index is 1410. The van der Waals surface area contributed by atoms with Crippen LogP contribution in [0.25, 0.3) is 16.7 Å². The van der Waals surface area contributed by atoms with E-state index in [-0.39, 0.29) is 0 Å². The molecule has 2 N–H and O–H groups in total. The highest BCUT2D eigenvalue weighted by Gasteiger charge is 2.13. The van der Waals surface area contributed by atoms with Gasteiger partial charge in [0.25, 0.3) is 0 Å². The van der Waals surface area contributed by atoms with E-state index >= 15 is 0 Å². The monoisotopic (exact) mass is 440 g/mol. The number of nitrogens with one attached hydrogen (secondary N) is 2. The summed E-state index contributed by atoms with van der Waals surface area (Å²) in [4.78, 5) is 13.6. The third-order valence-electron chi connectivity index (χ3n) is 5.28. The molecular formula is C24H24N8O. The summed E-state index contributed by atoms with van der Waals surface area (Å²) in [6, 6.07) is 16.0. The van der Waals surface area contributed by atoms with Crippen LogP contribution < -0.4 is 15.4 Å². The zero-order valence-corrected chi connectivity index (χ0v) is 18.6. The minimum absolute atomic E-state index is 0.449. The van der Waals surface area contributed by atoms with Crippen molar-refractivity contribution < 1.29 is 4.74 Å². The molecule has 3 aromatic heterocycles. The number of aromatic nitrogens is 6. The normalized spacial score (nSPS) is 11.0. The van der Waals surface area contributed by atoms with Crippen molar-refractivity contribution in [3.63, 3.8) is 0 Å². The van der Waals surface area contributed by atoms with Gasteiger partial charge in [-0.15, -0.1) is 0 Å². The van der Waals surface area contributed by atoms with Gasteiger partial charge in [0.2, 0.25) is 5.95 Å². The van der Waals surface area contributed by atoms with Gasteiger partial charge >= 0.3 is 0 Å². The molecule has 0 fully saturated rings. The molecule has 9 heteroatoms. The summed E-state index contributed by atoms with van der Waals surface area (Å²) >= 11 is 0. The molecular weight excluding hydrogens is 416 g/mol. The largest absolute Gasteiger partial charge is 0.494 e. The highest BCUT2D eigenvalue weighted by atomic mass is 16.5. The third kappa shape index (κ3) is 4.20. The van der Waals surface area contributed by atoms with E-state index in [1.165, 1.54) is 5.56 Å². The molecule has 2 aromatic carbocycles. The lowest BCUT2D eigenvalue weighted by Crippen LogP contribution is -2.03. The van der Waals surface area contributed by atoms with E-state index in [0.717, 1.165) is 22.5 Å². The third-order valence-corrected chi connectivity index (χ3v) is 5.28. The number of ether oxygens (including phenoxy) is 1. The Kier molecular flexibility index (Phi) is 5.35. The van der Waals surface area contributed by atoms with Gasteiger partial charge in [0, 0.05) is 31.2 Å². The molecule has 5 aromatic rings. The second-order valence-electron chi connectivity index (χ2n) is 7.63. The molecule has 0 saturated heterocycles. The van der Waals surface area contributed by atoms with Crippen LogP contribution in [0.5, 0.6) is 5.75 Å². The summed E-state index contributed by atoms with van der Waals surface area (Å²) in [5, 5.41) is 11.9. The van der Waals surface area contributed by atoms with Crippen molar-refractivity contribution in [2.45, 2.75) is 13.5 Å². The van der Waals surface area contributed by atoms with Crippen molar-refractivity contribution in [2.75, 3.05) is 24.8 Å². The van der Waals surface area contributed by atoms with E-state index in [1.807, 2.05) is 72.0 Å². The molecule has 0 atom stereocenters. The lowest BCUT2D eigenvalue weighted by Gasteiger charge is -2.12. The summed E-state index contributed by atoms with van der Waals surface area (Å²) in [6.07, 6.45) is 5.68. The number of imidazole rings is 1. The number of nitrogens with zero attached hydrogens (tertiary/aromatic N) is 6. The lowest BCUT2D eigenvalue weighted by atomic mass is 10.2. The molecule has 0 radical (unpaired) electrons. The van der Waals surface area contributed by atoms with Gasteiger partial charge in [-0.05, 0) is 24.6 Å². The predicted molar refractivity (Wildman–Crippen MR) is 129 cm³/mol. The number of fused-ring (bicyclic) bond motifs is 1. The first-order valence-corrected chi connectivity index (χ1v) is 10.6. The van der Waals surface area contributed by atoms with E-state index < -0.39 is 0 Å². The second kappa shape index (κ2) is 8.62. The first-order chi connectivity index (χ1) is 16.1. The zero-order chi connectivity index (χ0) is 22.8. The quantitative estimate of drug-likeness (QED) is 0.392. The van der Waals surface area contributed by atoms with Gasteiger partial charge in [-0.3, -0.25) is 4.68 Å². The molecule has 166 valence electrons. The maximum absolute atomic E-state index is 5.60. The van der Waals surface area contributed by atoms with Crippen molar-refractivity contribution in [2.24, 2.45) is 0 Å². The summed E-state index contributed by atoms with van der Waals surface area (Å²) < 4.78 is 9.41. The maximum atomic E-state index is 5.60. The topological polar surface area (TPSA) is 94.7 Å². The lowest BCUT2D eigenvalue weighted by molar-refractivity contribution is 0.413. The second-order valence-corrected chi connectivity index (χ2v) is 7.63. The average molecular weight is 441 g/mol. The molecule has 5 rings (SSSR count). The van der Waals surface area contributed by atoms with Gasteiger partial charge in [-0.2, -0.15) is 15.1 Å². The van der Waals surface area contributed by atoms with Gasteiger partial charge < -0.3 is 19.9 Å². The smallest absolute Gasteiger partial charge is 0.231 e. The molecule has 9 nitrogen and oxygen atoms in total. The van der Waals surface area contributed by atoms with Gasteiger partial charge in [0.05, 0.1) is 36.7 Å². The molecule has 0 bridgehead atoms. The van der Waals surface area contributed by atoms with Gasteiger partial charge in [0.1, 0.15) is 11.6 Å². The van der Waals surface area contributed by atoms with Gasteiger partial charge in [-0.25, -0.2) is 4.98 Å². The fourth-order valence-corrected chi connectivity index (χ4v) is 3.70. The average Bonchev–Trinajstić information content (AvgIpc) is 3.44. The molecule has 0 aliphatic rings. The molecule has 0 aliphatic carbocycles. The number of hydrogen-bond donors (Lipinski definition) is 2. The van der Waals surface area contributed by atoms with Crippen LogP contribution in [0.4, 0.5) is 17.5 Å². The van der Waals surface area contributed by atoms with Crippen LogP contribution in [0.2, 0.25) is 0 Å². The minimum atomic E-state index is 0.449. The van der Waals surface area contributed by atoms with Crippen LogP contribution in [-0.4, -0.2) is 43.5 Å². The molecule has 3 heterocycles. The van der Waals surface area contributed by atoms with Crippen molar-refractivity contribution >= 4 is 28.5 Å². The summed E-state index contributed by atoms with van der Waals surface area (Å²) in [5.74, 6) is 1.86. The van der Waals surface area contributed by atoms with E-state index in [4.69, 9.17) is 4.74 Å². The van der Waals surface area contributed by atoms with Crippen LogP contribution >= 0.6 is 0 Å². The molecule has 0 amide bonds. The number of rotatable bonds is 7. The van der Waals surface area contributed by atoms with Crippen LogP contribution in [-0.2, 0) is 6.54 Å². The van der Waals surface area contributed by atoms with Crippen molar-refractivity contribution in [3.8, 4) is 11.4 Å². The first-order valence-electron chi connectivity index (χ1n) is 10.6. The standard InChI is InChI=1S/C24H24N8O/c1-16-12-31(15-26-16)20-10-9-18(11-21(20)33-3)27-24-28-22(25-2)19-14-32(30-23(19)29-24)13-17-7-5-4-6-8-17/h4-12,14-15H,13H2,1-3H3,(H2,25,27,28,29,30). The summed E-state index contributed by atoms with van der Waals surface area (Å²) in [7, 11) is 3.48. The van der Waals surface area contributed by atoms with Crippen LogP contribution in [0.15, 0.2) is 67.3 Å². The van der Waals surface area contributed by atoms with Crippen molar-refractivity contribution in [1.29, 1.82) is 0 Å². The van der Waals surface area contributed by atoms with Gasteiger partial charge in [0.15, 0.2) is 5.65 Å². The van der Waals surface area contributed by atoms with Crippen molar-refractivity contribution in [1.82, 2.24) is 29.3 Å². The first kappa shape index (κ1) is 20.5. The number of methoxy groups -OCH3 is 1.